The van der Waals surface area contributed by atoms with Gasteiger partial charge in [-0.2, -0.15) is 11.8 Å². The molecule has 1 saturated carbocycles. The maximum absolute atomic E-state index is 10.8. The van der Waals surface area contributed by atoms with E-state index in [9.17, 15) is 4.79 Å². The van der Waals surface area contributed by atoms with Gasteiger partial charge in [-0.1, -0.05) is 13.8 Å². The molecule has 64 valence electrons. The molecule has 0 aromatic rings. The molecule has 11 heavy (non-hydrogen) atoms. The van der Waals surface area contributed by atoms with Crippen LogP contribution in [0.15, 0.2) is 0 Å². The molecule has 0 aromatic carbocycles. The first-order chi connectivity index (χ1) is 5.08. The van der Waals surface area contributed by atoms with Gasteiger partial charge in [0.15, 0.2) is 0 Å². The summed E-state index contributed by atoms with van der Waals surface area (Å²) in [4.78, 5) is 10.8. The number of ketones is 1. The first kappa shape index (κ1) is 9.07. The molecule has 1 fully saturated rings. The topological polar surface area (TPSA) is 43.1 Å². The number of hydrogen-bond donors (Lipinski definition) is 1. The Morgan fingerprint density at radius 1 is 1.64 bits per heavy atom. The van der Waals surface area contributed by atoms with E-state index in [4.69, 9.17) is 5.73 Å². The summed E-state index contributed by atoms with van der Waals surface area (Å²) in [5.74, 6) is 0.364. The Balaban J connectivity index is 2.44. The SMILES string of the molecule is CC(C)SC1(CN)CC(=O)C1. The summed E-state index contributed by atoms with van der Waals surface area (Å²) >= 11 is 1.85. The van der Waals surface area contributed by atoms with Gasteiger partial charge >= 0.3 is 0 Å². The molecule has 0 atom stereocenters. The third-order valence-corrected chi connectivity index (χ3v) is 3.32. The molecule has 0 heterocycles. The molecule has 0 radical (unpaired) electrons. The largest absolute Gasteiger partial charge is 0.329 e. The highest BCUT2D eigenvalue weighted by molar-refractivity contribution is 8.01. The van der Waals surface area contributed by atoms with E-state index in [2.05, 4.69) is 13.8 Å². The van der Waals surface area contributed by atoms with E-state index in [0.29, 0.717) is 30.4 Å². The summed E-state index contributed by atoms with van der Waals surface area (Å²) in [6.07, 6.45) is 1.37. The fraction of sp³-hybridized carbons (Fsp3) is 0.875. The van der Waals surface area contributed by atoms with Crippen molar-refractivity contribution in [1.29, 1.82) is 0 Å². The number of thioether (sulfide) groups is 1. The Kier molecular flexibility index (Phi) is 2.60. The molecule has 0 unspecified atom stereocenters. The van der Waals surface area contributed by atoms with Gasteiger partial charge in [0.1, 0.15) is 5.78 Å². The molecule has 0 amide bonds. The smallest absolute Gasteiger partial charge is 0.135 e. The van der Waals surface area contributed by atoms with Crippen LogP contribution in [0.25, 0.3) is 0 Å². The summed E-state index contributed by atoms with van der Waals surface area (Å²) in [6, 6.07) is 0. The van der Waals surface area contributed by atoms with Crippen molar-refractivity contribution in [2.45, 2.75) is 36.7 Å². The van der Waals surface area contributed by atoms with Gasteiger partial charge in [-0.05, 0) is 5.25 Å². The van der Waals surface area contributed by atoms with Crippen LogP contribution in [0.5, 0.6) is 0 Å². The molecule has 0 saturated heterocycles. The third-order valence-electron chi connectivity index (χ3n) is 1.90. The molecule has 2 nitrogen and oxygen atoms in total. The molecule has 2 N–H and O–H groups in total. The average Bonchev–Trinajstić information content (AvgIpc) is 1.82. The van der Waals surface area contributed by atoms with E-state index in [0.717, 1.165) is 0 Å². The van der Waals surface area contributed by atoms with Crippen molar-refractivity contribution >= 4 is 17.5 Å². The van der Waals surface area contributed by atoms with Crippen molar-refractivity contribution < 1.29 is 4.79 Å². The molecule has 1 rings (SSSR count). The number of hydrogen-bond acceptors (Lipinski definition) is 3. The number of nitrogens with two attached hydrogens (primary N) is 1. The first-order valence-electron chi connectivity index (χ1n) is 3.97. The van der Waals surface area contributed by atoms with Crippen molar-refractivity contribution in [2.75, 3.05) is 6.54 Å². The minimum Gasteiger partial charge on any atom is -0.329 e. The predicted molar refractivity (Wildman–Crippen MR) is 48.8 cm³/mol. The summed E-state index contributed by atoms with van der Waals surface area (Å²) in [5.41, 5.74) is 5.61. The Morgan fingerprint density at radius 3 is 2.45 bits per heavy atom. The van der Waals surface area contributed by atoms with Gasteiger partial charge in [0.05, 0.1) is 0 Å². The quantitative estimate of drug-likeness (QED) is 0.697. The first-order valence-corrected chi connectivity index (χ1v) is 4.85. The zero-order valence-corrected chi connectivity index (χ0v) is 7.91. The van der Waals surface area contributed by atoms with Gasteiger partial charge in [-0.15, -0.1) is 0 Å². The lowest BCUT2D eigenvalue weighted by Crippen LogP contribution is -2.48. The maximum atomic E-state index is 10.8. The summed E-state index contributed by atoms with van der Waals surface area (Å²) in [7, 11) is 0. The highest BCUT2D eigenvalue weighted by Gasteiger charge is 2.43. The Bertz CT molecular complexity index is 159. The van der Waals surface area contributed by atoms with Gasteiger partial charge in [0, 0.05) is 24.1 Å². The van der Waals surface area contributed by atoms with Gasteiger partial charge in [-0.25, -0.2) is 0 Å². The van der Waals surface area contributed by atoms with Crippen molar-refractivity contribution in [3.8, 4) is 0 Å². The van der Waals surface area contributed by atoms with Gasteiger partial charge in [0.25, 0.3) is 0 Å². The Labute approximate surface area is 71.9 Å². The van der Waals surface area contributed by atoms with Crippen molar-refractivity contribution in [3.63, 3.8) is 0 Å². The molecule has 1 aliphatic carbocycles. The highest BCUT2D eigenvalue weighted by atomic mass is 32.2. The minimum absolute atomic E-state index is 0.102. The predicted octanol–water partition coefficient (Wildman–Crippen LogP) is 1.19. The molecule has 0 aromatic heterocycles. The Hall–Kier alpha value is -0.0200. The van der Waals surface area contributed by atoms with Crippen LogP contribution in [-0.4, -0.2) is 22.3 Å². The number of rotatable bonds is 3. The van der Waals surface area contributed by atoms with Crippen LogP contribution >= 0.6 is 11.8 Å². The fourth-order valence-electron chi connectivity index (χ4n) is 1.44. The van der Waals surface area contributed by atoms with E-state index in [1.807, 2.05) is 11.8 Å². The summed E-state index contributed by atoms with van der Waals surface area (Å²) < 4.78 is 0.102. The monoisotopic (exact) mass is 173 g/mol. The van der Waals surface area contributed by atoms with Crippen molar-refractivity contribution in [3.05, 3.63) is 0 Å². The van der Waals surface area contributed by atoms with Crippen molar-refractivity contribution in [2.24, 2.45) is 5.73 Å². The minimum atomic E-state index is 0.102. The van der Waals surface area contributed by atoms with Crippen LogP contribution in [0.3, 0.4) is 0 Å². The normalized spacial score (nSPS) is 22.0. The van der Waals surface area contributed by atoms with Crippen LogP contribution in [-0.2, 0) is 4.79 Å². The molecule has 1 aliphatic rings. The Morgan fingerprint density at radius 2 is 2.18 bits per heavy atom. The second-order valence-corrected chi connectivity index (χ2v) is 5.49. The third kappa shape index (κ3) is 1.97. The molecule has 0 aliphatic heterocycles. The van der Waals surface area contributed by atoms with Gasteiger partial charge in [-0.3, -0.25) is 4.79 Å². The number of Topliss-reactive ketones (excluding diaryl/α,β-unsaturated/α-hetero) is 1. The molecular weight excluding hydrogens is 158 g/mol. The zero-order chi connectivity index (χ0) is 8.48. The van der Waals surface area contributed by atoms with E-state index < -0.39 is 0 Å². The standard InChI is InChI=1S/C8H15NOS/c1-6(2)11-8(5-9)3-7(10)4-8/h6H,3-5,9H2,1-2H3. The lowest BCUT2D eigenvalue weighted by Gasteiger charge is -2.40. The zero-order valence-electron chi connectivity index (χ0n) is 7.09. The maximum Gasteiger partial charge on any atom is 0.135 e. The number of carbonyl (C=O) groups excluding carboxylic acids is 1. The fourth-order valence-corrected chi connectivity index (χ4v) is 3.03. The second kappa shape index (κ2) is 3.15. The summed E-state index contributed by atoms with van der Waals surface area (Å²) in [5, 5.41) is 0.576. The molecule has 3 heteroatoms. The van der Waals surface area contributed by atoms with E-state index >= 15 is 0 Å². The summed E-state index contributed by atoms with van der Waals surface area (Å²) in [6.45, 7) is 4.93. The number of carbonyl (C=O) groups is 1. The molecule has 0 spiro atoms. The lowest BCUT2D eigenvalue weighted by atomic mass is 9.83. The second-order valence-electron chi connectivity index (χ2n) is 3.45. The van der Waals surface area contributed by atoms with Crippen LogP contribution in [0.4, 0.5) is 0 Å². The van der Waals surface area contributed by atoms with Crippen LogP contribution < -0.4 is 5.73 Å². The molecular formula is C8H15NOS. The van der Waals surface area contributed by atoms with Crippen molar-refractivity contribution in [1.82, 2.24) is 0 Å². The van der Waals surface area contributed by atoms with E-state index in [-0.39, 0.29) is 4.75 Å². The van der Waals surface area contributed by atoms with Gasteiger partial charge < -0.3 is 5.73 Å². The lowest BCUT2D eigenvalue weighted by molar-refractivity contribution is -0.125. The van der Waals surface area contributed by atoms with Crippen LogP contribution in [0, 0.1) is 0 Å². The molecule has 0 bridgehead atoms. The van der Waals surface area contributed by atoms with Crippen LogP contribution in [0.2, 0.25) is 0 Å². The van der Waals surface area contributed by atoms with Gasteiger partial charge in [0.2, 0.25) is 0 Å². The average molecular weight is 173 g/mol. The van der Waals surface area contributed by atoms with E-state index in [1.165, 1.54) is 0 Å². The highest BCUT2D eigenvalue weighted by Crippen LogP contribution is 2.42. The van der Waals surface area contributed by atoms with Crippen LogP contribution in [0.1, 0.15) is 26.7 Å². The van der Waals surface area contributed by atoms with E-state index in [1.54, 1.807) is 0 Å².